The molecule has 4 rings (SSSR count). The second-order valence-electron chi connectivity index (χ2n) is 8.35. The van der Waals surface area contributed by atoms with Crippen molar-refractivity contribution in [3.63, 3.8) is 0 Å². The molecule has 172 valence electrons. The van der Waals surface area contributed by atoms with Gasteiger partial charge in [0.25, 0.3) is 0 Å². The summed E-state index contributed by atoms with van der Waals surface area (Å²) in [5.41, 5.74) is 9.99. The Balaban J connectivity index is 1.90. The highest BCUT2D eigenvalue weighted by atomic mass is 19.1. The first-order valence-electron chi connectivity index (χ1n) is 11.2. The lowest BCUT2D eigenvalue weighted by atomic mass is 9.92. The van der Waals surface area contributed by atoms with Gasteiger partial charge in [-0.15, -0.1) is 0 Å². The zero-order chi connectivity index (χ0) is 23.5. The summed E-state index contributed by atoms with van der Waals surface area (Å²) in [4.78, 5) is 4.10. The SMILES string of the molecule is CCN1C(c2ccc(OC)cc2)=C(c2ccc(C#N)c(F)c2)C=C(N2CCC(N)CC2)C1O. The van der Waals surface area contributed by atoms with Gasteiger partial charge in [0.1, 0.15) is 17.6 Å². The van der Waals surface area contributed by atoms with Gasteiger partial charge in [-0.2, -0.15) is 5.26 Å². The molecule has 33 heavy (non-hydrogen) atoms. The molecular weight excluding hydrogens is 419 g/mol. The molecule has 0 saturated carbocycles. The third-order valence-corrected chi connectivity index (χ3v) is 6.40. The lowest BCUT2D eigenvalue weighted by molar-refractivity contribution is 0.0470. The van der Waals surface area contributed by atoms with Crippen LogP contribution in [0, 0.1) is 17.1 Å². The van der Waals surface area contributed by atoms with Crippen LogP contribution in [0.3, 0.4) is 0 Å². The van der Waals surface area contributed by atoms with Crippen molar-refractivity contribution in [2.75, 3.05) is 26.7 Å². The average Bonchev–Trinajstić information content (AvgIpc) is 2.84. The monoisotopic (exact) mass is 448 g/mol. The van der Waals surface area contributed by atoms with Crippen molar-refractivity contribution in [2.45, 2.75) is 32.0 Å². The van der Waals surface area contributed by atoms with E-state index < -0.39 is 12.0 Å². The summed E-state index contributed by atoms with van der Waals surface area (Å²) in [6, 6.07) is 14.3. The minimum atomic E-state index is -0.839. The topological polar surface area (TPSA) is 85.8 Å². The molecule has 2 aromatic carbocycles. The van der Waals surface area contributed by atoms with E-state index in [9.17, 15) is 9.50 Å². The molecule has 1 unspecified atom stereocenters. The molecular formula is C26H29FN4O2. The van der Waals surface area contributed by atoms with Crippen LogP contribution < -0.4 is 10.5 Å². The van der Waals surface area contributed by atoms with Crippen LogP contribution in [0.1, 0.15) is 36.5 Å². The van der Waals surface area contributed by atoms with E-state index in [0.29, 0.717) is 12.1 Å². The first kappa shape index (κ1) is 22.8. The third-order valence-electron chi connectivity index (χ3n) is 6.40. The highest BCUT2D eigenvalue weighted by molar-refractivity contribution is 5.96. The molecule has 0 radical (unpaired) electrons. The lowest BCUT2D eigenvalue weighted by Gasteiger charge is -2.43. The van der Waals surface area contributed by atoms with Crippen LogP contribution >= 0.6 is 0 Å². The van der Waals surface area contributed by atoms with Crippen LogP contribution in [-0.4, -0.2) is 53.9 Å². The summed E-state index contributed by atoms with van der Waals surface area (Å²) in [5.74, 6) is 0.162. The van der Waals surface area contributed by atoms with Crippen molar-refractivity contribution >= 4 is 11.3 Å². The first-order chi connectivity index (χ1) is 16.0. The molecule has 6 nitrogen and oxygen atoms in total. The van der Waals surface area contributed by atoms with Crippen molar-refractivity contribution in [1.29, 1.82) is 5.26 Å². The number of hydrogen-bond donors (Lipinski definition) is 2. The van der Waals surface area contributed by atoms with Gasteiger partial charge < -0.3 is 25.4 Å². The number of likely N-dealkylation sites (tertiary alicyclic amines) is 1. The number of likely N-dealkylation sites (N-methyl/N-ethyl adjacent to an activating group) is 1. The fraction of sp³-hybridized carbons (Fsp3) is 0.346. The van der Waals surface area contributed by atoms with Gasteiger partial charge in [0.05, 0.1) is 24.1 Å². The van der Waals surface area contributed by atoms with Gasteiger partial charge in [-0.1, -0.05) is 6.07 Å². The molecule has 1 saturated heterocycles. The van der Waals surface area contributed by atoms with Crippen LogP contribution in [-0.2, 0) is 0 Å². The number of ether oxygens (including phenoxy) is 1. The second kappa shape index (κ2) is 9.65. The van der Waals surface area contributed by atoms with E-state index in [-0.39, 0.29) is 11.6 Å². The van der Waals surface area contributed by atoms with Gasteiger partial charge >= 0.3 is 0 Å². The summed E-state index contributed by atoms with van der Waals surface area (Å²) in [5, 5.41) is 20.6. The Kier molecular flexibility index (Phi) is 6.68. The molecule has 7 heteroatoms. The Hall–Kier alpha value is -3.34. The standard InChI is InChI=1S/C26H29FN4O2/c1-3-31-25(17-6-8-21(33-2)9-7-17)22(18-4-5-19(16-28)23(27)14-18)15-24(26(31)32)30-12-10-20(29)11-13-30/h4-9,14-15,20,26,32H,3,10-13,29H2,1-2H3. The molecule has 0 aliphatic carbocycles. The van der Waals surface area contributed by atoms with E-state index in [0.717, 1.165) is 54.2 Å². The highest BCUT2D eigenvalue weighted by Gasteiger charge is 2.33. The van der Waals surface area contributed by atoms with Crippen molar-refractivity contribution < 1.29 is 14.2 Å². The predicted octanol–water partition coefficient (Wildman–Crippen LogP) is 3.54. The molecule has 2 heterocycles. The number of benzene rings is 2. The molecule has 1 fully saturated rings. The zero-order valence-electron chi connectivity index (χ0n) is 19.0. The molecule has 3 N–H and O–H groups in total. The quantitative estimate of drug-likeness (QED) is 0.728. The molecule has 0 bridgehead atoms. The average molecular weight is 449 g/mol. The zero-order valence-corrected chi connectivity index (χ0v) is 19.0. The number of nitrogens with two attached hydrogens (primary N) is 1. The molecule has 2 aliphatic rings. The van der Waals surface area contributed by atoms with Gasteiger partial charge in [-0.3, -0.25) is 0 Å². The lowest BCUT2D eigenvalue weighted by Crippen LogP contribution is -2.47. The largest absolute Gasteiger partial charge is 0.497 e. The summed E-state index contributed by atoms with van der Waals surface area (Å²) in [7, 11) is 1.61. The third kappa shape index (κ3) is 4.45. The number of methoxy groups -OCH3 is 1. The van der Waals surface area contributed by atoms with Crippen molar-refractivity contribution in [3.8, 4) is 11.8 Å². The Morgan fingerprint density at radius 1 is 1.15 bits per heavy atom. The van der Waals surface area contributed by atoms with Gasteiger partial charge in [0.2, 0.25) is 0 Å². The van der Waals surface area contributed by atoms with Gasteiger partial charge in [0.15, 0.2) is 6.23 Å². The summed E-state index contributed by atoms with van der Waals surface area (Å²) in [6.07, 6.45) is 2.82. The van der Waals surface area contributed by atoms with Gasteiger partial charge in [0, 0.05) is 31.2 Å². The van der Waals surface area contributed by atoms with E-state index in [1.54, 1.807) is 13.2 Å². The predicted molar refractivity (Wildman–Crippen MR) is 126 cm³/mol. The van der Waals surface area contributed by atoms with E-state index in [1.165, 1.54) is 12.1 Å². The number of aliphatic hydroxyl groups is 1. The molecule has 0 amide bonds. The number of aliphatic hydroxyl groups excluding tert-OH is 1. The van der Waals surface area contributed by atoms with E-state index >= 15 is 0 Å². The Labute approximate surface area is 194 Å². The molecule has 0 spiro atoms. The normalized spacial score (nSPS) is 19.4. The number of rotatable bonds is 5. The second-order valence-corrected chi connectivity index (χ2v) is 8.35. The number of nitriles is 1. The van der Waals surface area contributed by atoms with Gasteiger partial charge in [-0.25, -0.2) is 4.39 Å². The number of piperidine rings is 1. The fourth-order valence-corrected chi connectivity index (χ4v) is 4.53. The molecule has 1 atom stereocenters. The van der Waals surface area contributed by atoms with Crippen LogP contribution in [0.5, 0.6) is 5.75 Å². The summed E-state index contributed by atoms with van der Waals surface area (Å²) < 4.78 is 19.9. The number of halogens is 1. The molecule has 2 aliphatic heterocycles. The van der Waals surface area contributed by atoms with E-state index in [1.807, 2.05) is 48.2 Å². The van der Waals surface area contributed by atoms with Gasteiger partial charge in [-0.05, 0) is 73.4 Å². The minimum absolute atomic E-state index is 0.00256. The smallest absolute Gasteiger partial charge is 0.168 e. The van der Waals surface area contributed by atoms with Crippen LogP contribution in [0.15, 0.2) is 54.2 Å². The first-order valence-corrected chi connectivity index (χ1v) is 11.2. The van der Waals surface area contributed by atoms with Crippen LogP contribution in [0.4, 0.5) is 4.39 Å². The Morgan fingerprint density at radius 3 is 2.39 bits per heavy atom. The van der Waals surface area contributed by atoms with Crippen molar-refractivity contribution in [1.82, 2.24) is 9.80 Å². The number of nitrogens with zero attached hydrogens (tertiary/aromatic N) is 3. The van der Waals surface area contributed by atoms with E-state index in [2.05, 4.69) is 4.90 Å². The molecule has 2 aromatic rings. The Bertz CT molecular complexity index is 1110. The minimum Gasteiger partial charge on any atom is -0.497 e. The van der Waals surface area contributed by atoms with Crippen molar-refractivity contribution in [3.05, 3.63) is 76.7 Å². The van der Waals surface area contributed by atoms with Crippen LogP contribution in [0.2, 0.25) is 0 Å². The highest BCUT2D eigenvalue weighted by Crippen LogP contribution is 2.39. The molecule has 0 aromatic heterocycles. The fourth-order valence-electron chi connectivity index (χ4n) is 4.53. The summed E-state index contributed by atoms with van der Waals surface area (Å²) >= 11 is 0. The summed E-state index contributed by atoms with van der Waals surface area (Å²) in [6.45, 7) is 4.05. The van der Waals surface area contributed by atoms with E-state index in [4.69, 9.17) is 15.7 Å². The van der Waals surface area contributed by atoms with Crippen molar-refractivity contribution in [2.24, 2.45) is 5.73 Å². The maximum Gasteiger partial charge on any atom is 0.168 e. The maximum absolute atomic E-state index is 14.6. The number of hydrogen-bond acceptors (Lipinski definition) is 6. The maximum atomic E-state index is 14.6. The van der Waals surface area contributed by atoms with Crippen LogP contribution in [0.25, 0.3) is 11.3 Å². The Morgan fingerprint density at radius 2 is 1.82 bits per heavy atom. The number of allylic oxidation sites excluding steroid dienone is 2.